The zero-order chi connectivity index (χ0) is 21.3. The Hall–Kier alpha value is -2.67. The summed E-state index contributed by atoms with van der Waals surface area (Å²) in [5.74, 6) is 1.27. The number of benzene rings is 2. The number of ether oxygens (including phenoxy) is 2. The second-order valence-corrected chi connectivity index (χ2v) is 8.73. The molecular weight excluding hydrogens is 400 g/mol. The zero-order valence-corrected chi connectivity index (χ0v) is 18.2. The molecule has 2 amide bonds. The highest BCUT2D eigenvalue weighted by molar-refractivity contribution is 7.99. The van der Waals surface area contributed by atoms with Gasteiger partial charge in [-0.3, -0.25) is 9.59 Å². The number of amides is 2. The van der Waals surface area contributed by atoms with E-state index >= 15 is 0 Å². The second-order valence-electron chi connectivity index (χ2n) is 7.61. The number of aryl methyl sites for hydroxylation is 1. The monoisotopic (exact) mass is 426 g/mol. The third-order valence-electron chi connectivity index (χ3n) is 5.69. The van der Waals surface area contributed by atoms with Crippen LogP contribution in [0.1, 0.15) is 40.2 Å². The van der Waals surface area contributed by atoms with Crippen molar-refractivity contribution in [1.82, 2.24) is 10.2 Å². The first-order chi connectivity index (χ1) is 14.5. The van der Waals surface area contributed by atoms with Crippen LogP contribution in [0.25, 0.3) is 0 Å². The van der Waals surface area contributed by atoms with Gasteiger partial charge >= 0.3 is 0 Å². The van der Waals surface area contributed by atoms with Crippen LogP contribution in [-0.4, -0.2) is 48.8 Å². The van der Waals surface area contributed by atoms with Gasteiger partial charge in [-0.25, -0.2) is 0 Å². The topological polar surface area (TPSA) is 67.9 Å². The molecule has 0 bridgehead atoms. The van der Waals surface area contributed by atoms with E-state index in [0.717, 1.165) is 18.4 Å². The number of nitrogens with one attached hydrogen (secondary N) is 1. The van der Waals surface area contributed by atoms with Gasteiger partial charge in [-0.1, -0.05) is 36.4 Å². The number of carbonyl (C=O) groups is 2. The normalized spacial score (nSPS) is 20.5. The van der Waals surface area contributed by atoms with Crippen molar-refractivity contribution >= 4 is 23.6 Å². The maximum absolute atomic E-state index is 13.2. The molecule has 0 saturated carbocycles. The molecule has 30 heavy (non-hydrogen) atoms. The Morgan fingerprint density at radius 3 is 2.67 bits per heavy atom. The highest BCUT2D eigenvalue weighted by Gasteiger charge is 2.50. The first-order valence-electron chi connectivity index (χ1n) is 10.1. The lowest BCUT2D eigenvalue weighted by atomic mass is 10.1. The van der Waals surface area contributed by atoms with Crippen molar-refractivity contribution in [2.75, 3.05) is 20.0 Å². The molecule has 158 valence electrons. The Balaban J connectivity index is 1.45. The number of rotatable bonds is 7. The maximum atomic E-state index is 13.2. The third kappa shape index (κ3) is 3.62. The van der Waals surface area contributed by atoms with E-state index in [2.05, 4.69) is 17.4 Å². The molecule has 0 radical (unpaired) electrons. The Kier molecular flexibility index (Phi) is 5.90. The van der Waals surface area contributed by atoms with E-state index in [1.807, 2.05) is 37.3 Å². The highest BCUT2D eigenvalue weighted by Crippen LogP contribution is 2.52. The van der Waals surface area contributed by atoms with Crippen molar-refractivity contribution in [2.45, 2.75) is 37.2 Å². The van der Waals surface area contributed by atoms with Gasteiger partial charge in [-0.2, -0.15) is 0 Å². The molecule has 0 unspecified atom stereocenters. The molecule has 4 rings (SSSR count). The van der Waals surface area contributed by atoms with Crippen LogP contribution in [-0.2, 0) is 11.2 Å². The predicted molar refractivity (Wildman–Crippen MR) is 117 cm³/mol. The number of hydrogen-bond donors (Lipinski definition) is 1. The molecule has 0 aromatic heterocycles. The van der Waals surface area contributed by atoms with E-state index < -0.39 is 6.04 Å². The van der Waals surface area contributed by atoms with Crippen molar-refractivity contribution in [3.63, 3.8) is 0 Å². The molecular formula is C23H26N2O4S. The SMILES string of the molecule is COc1ccc2c(c1OC)C(=O)N1[C@@H](C(=O)N[C@H](C)CCc3ccccc3)CS[C@@H]21. The largest absolute Gasteiger partial charge is 0.493 e. The molecule has 0 spiro atoms. The summed E-state index contributed by atoms with van der Waals surface area (Å²) in [7, 11) is 3.08. The van der Waals surface area contributed by atoms with Gasteiger partial charge in [0.1, 0.15) is 11.4 Å². The van der Waals surface area contributed by atoms with Crippen molar-refractivity contribution in [2.24, 2.45) is 0 Å². The van der Waals surface area contributed by atoms with Crippen LogP contribution in [0.3, 0.4) is 0 Å². The first-order valence-corrected chi connectivity index (χ1v) is 11.1. The van der Waals surface area contributed by atoms with Gasteiger partial charge < -0.3 is 19.7 Å². The molecule has 6 nitrogen and oxygen atoms in total. The molecule has 7 heteroatoms. The van der Waals surface area contributed by atoms with Crippen molar-refractivity contribution < 1.29 is 19.1 Å². The summed E-state index contributed by atoms with van der Waals surface area (Å²) in [5.41, 5.74) is 2.64. The van der Waals surface area contributed by atoms with Gasteiger partial charge in [0.05, 0.1) is 19.8 Å². The van der Waals surface area contributed by atoms with Crippen LogP contribution in [0.5, 0.6) is 11.5 Å². The third-order valence-corrected chi connectivity index (χ3v) is 7.00. The van der Waals surface area contributed by atoms with E-state index in [0.29, 0.717) is 22.8 Å². The molecule has 3 atom stereocenters. The molecule has 2 aliphatic rings. The standard InChI is InChI=1S/C23H26N2O4S/c1-14(9-10-15-7-5-4-6-8-15)24-21(26)17-13-30-23-16-11-12-18(28-2)20(29-3)19(16)22(27)25(17)23/h4-8,11-12,14,17,23H,9-10,13H2,1-3H3,(H,24,26)/t14-,17-,23+/m1/s1. The maximum Gasteiger partial charge on any atom is 0.260 e. The number of nitrogens with zero attached hydrogens (tertiary/aromatic N) is 1. The van der Waals surface area contributed by atoms with Crippen LogP contribution < -0.4 is 14.8 Å². The Bertz CT molecular complexity index is 950. The lowest BCUT2D eigenvalue weighted by Crippen LogP contribution is -2.48. The number of carbonyl (C=O) groups excluding carboxylic acids is 2. The summed E-state index contributed by atoms with van der Waals surface area (Å²) < 4.78 is 10.8. The lowest BCUT2D eigenvalue weighted by molar-refractivity contribution is -0.125. The summed E-state index contributed by atoms with van der Waals surface area (Å²) in [4.78, 5) is 27.9. The first kappa shape index (κ1) is 20.6. The van der Waals surface area contributed by atoms with Gasteiger partial charge in [0.25, 0.3) is 5.91 Å². The van der Waals surface area contributed by atoms with E-state index in [4.69, 9.17) is 9.47 Å². The van der Waals surface area contributed by atoms with Gasteiger partial charge in [0.15, 0.2) is 11.5 Å². The van der Waals surface area contributed by atoms with Crippen molar-refractivity contribution in [3.8, 4) is 11.5 Å². The molecule has 2 aliphatic heterocycles. The number of hydrogen-bond acceptors (Lipinski definition) is 5. The van der Waals surface area contributed by atoms with E-state index in [1.54, 1.807) is 23.8 Å². The smallest absolute Gasteiger partial charge is 0.260 e. The molecule has 2 heterocycles. The van der Waals surface area contributed by atoms with E-state index in [9.17, 15) is 9.59 Å². The predicted octanol–water partition coefficient (Wildman–Crippen LogP) is 3.41. The highest BCUT2D eigenvalue weighted by atomic mass is 32.2. The Morgan fingerprint density at radius 1 is 1.20 bits per heavy atom. The number of thioether (sulfide) groups is 1. The van der Waals surface area contributed by atoms with Crippen LogP contribution >= 0.6 is 11.8 Å². The van der Waals surface area contributed by atoms with Crippen molar-refractivity contribution in [1.29, 1.82) is 0 Å². The summed E-state index contributed by atoms with van der Waals surface area (Å²) in [6, 6.07) is 13.5. The number of fused-ring (bicyclic) bond motifs is 3. The average molecular weight is 427 g/mol. The average Bonchev–Trinajstić information content (AvgIpc) is 3.32. The van der Waals surface area contributed by atoms with E-state index in [1.165, 1.54) is 12.7 Å². The Morgan fingerprint density at radius 2 is 1.97 bits per heavy atom. The van der Waals surface area contributed by atoms with Gasteiger partial charge in [0.2, 0.25) is 5.91 Å². The fraction of sp³-hybridized carbons (Fsp3) is 0.391. The fourth-order valence-electron chi connectivity index (χ4n) is 4.13. The van der Waals surface area contributed by atoms with E-state index in [-0.39, 0.29) is 23.2 Å². The van der Waals surface area contributed by atoms with Gasteiger partial charge in [-0.05, 0) is 31.4 Å². The molecule has 2 aromatic rings. The minimum Gasteiger partial charge on any atom is -0.493 e. The quantitative estimate of drug-likeness (QED) is 0.735. The summed E-state index contributed by atoms with van der Waals surface area (Å²) in [6.07, 6.45) is 1.74. The lowest BCUT2D eigenvalue weighted by Gasteiger charge is -2.24. The molecule has 1 saturated heterocycles. The summed E-state index contributed by atoms with van der Waals surface area (Å²) in [6.45, 7) is 2.01. The van der Waals surface area contributed by atoms with Crippen LogP contribution in [0.2, 0.25) is 0 Å². The molecule has 1 fully saturated rings. The van der Waals surface area contributed by atoms with Crippen molar-refractivity contribution in [3.05, 3.63) is 59.2 Å². The molecule has 0 aliphatic carbocycles. The summed E-state index contributed by atoms with van der Waals surface area (Å²) >= 11 is 1.61. The minimum absolute atomic E-state index is 0.0245. The number of methoxy groups -OCH3 is 2. The Labute approximate surface area is 180 Å². The van der Waals surface area contributed by atoms with Crippen LogP contribution in [0, 0.1) is 0 Å². The summed E-state index contributed by atoms with van der Waals surface area (Å²) in [5, 5.41) is 2.94. The second kappa shape index (κ2) is 8.60. The molecule has 1 N–H and O–H groups in total. The minimum atomic E-state index is -0.491. The van der Waals surface area contributed by atoms with Crippen LogP contribution in [0.4, 0.5) is 0 Å². The zero-order valence-electron chi connectivity index (χ0n) is 17.4. The van der Waals surface area contributed by atoms with Gasteiger partial charge in [-0.15, -0.1) is 11.8 Å². The fourth-order valence-corrected chi connectivity index (χ4v) is 5.59. The van der Waals surface area contributed by atoms with Gasteiger partial charge in [0, 0.05) is 17.4 Å². The van der Waals surface area contributed by atoms with Crippen LogP contribution in [0.15, 0.2) is 42.5 Å². The molecule has 2 aromatic carbocycles.